The molecule has 0 fully saturated rings. The van der Waals surface area contributed by atoms with E-state index in [1.54, 1.807) is 26.2 Å². The monoisotopic (exact) mass is 624 g/mol. The molecular formula is C26H34F6N4O3SSi. The van der Waals surface area contributed by atoms with Crippen molar-refractivity contribution in [1.29, 1.82) is 0 Å². The van der Waals surface area contributed by atoms with Crippen LogP contribution in [0.5, 0.6) is 0 Å². The number of thiocarbonyl (C=S) groups is 1. The van der Waals surface area contributed by atoms with Gasteiger partial charge in [-0.05, 0) is 68.2 Å². The van der Waals surface area contributed by atoms with Gasteiger partial charge in [0.1, 0.15) is 0 Å². The van der Waals surface area contributed by atoms with E-state index in [0.717, 1.165) is 0 Å². The molecule has 0 amide bonds. The van der Waals surface area contributed by atoms with Gasteiger partial charge in [-0.15, -0.1) is 0 Å². The maximum atomic E-state index is 13.3. The number of nitro benzene ring substituents is 1. The van der Waals surface area contributed by atoms with Gasteiger partial charge in [0.15, 0.2) is 13.4 Å². The second-order valence-electron chi connectivity index (χ2n) is 11.3. The fourth-order valence-corrected chi connectivity index (χ4v) is 5.07. The van der Waals surface area contributed by atoms with Crippen LogP contribution in [0.2, 0.25) is 18.1 Å². The highest BCUT2D eigenvalue weighted by atomic mass is 32.1. The first-order valence-electron chi connectivity index (χ1n) is 12.4. The van der Waals surface area contributed by atoms with Crippen LogP contribution in [0.4, 0.5) is 37.7 Å². The van der Waals surface area contributed by atoms with E-state index in [-0.39, 0.29) is 28.5 Å². The van der Waals surface area contributed by atoms with Crippen LogP contribution in [0, 0.1) is 10.1 Å². The molecule has 0 saturated heterocycles. The number of anilines is 1. The van der Waals surface area contributed by atoms with Gasteiger partial charge in [-0.1, -0.05) is 32.9 Å². The van der Waals surface area contributed by atoms with E-state index < -0.39 is 54.5 Å². The summed E-state index contributed by atoms with van der Waals surface area (Å²) in [4.78, 5) is 12.4. The van der Waals surface area contributed by atoms with E-state index >= 15 is 0 Å². The standard InChI is InChI=1S/C26H34F6N4O3SSi/c1-24(2,3)41(6,7)39-15-21(22(35(4)5)16-8-10-20(11-9-16)36(37)38)34-23(40)33-19-13-17(25(27,28)29)12-18(14-19)26(30,31)32/h8-14,21-22H,15H2,1-7H3,(H2,33,34,40)/t21-,22-/m0/s1. The molecular weight excluding hydrogens is 590 g/mol. The number of likely N-dealkylation sites (N-methyl/N-ethyl adjacent to an activating group) is 1. The topological polar surface area (TPSA) is 79.7 Å². The quantitative estimate of drug-likeness (QED) is 0.0978. The zero-order valence-corrected chi connectivity index (χ0v) is 25.5. The smallest absolute Gasteiger partial charge is 0.415 e. The van der Waals surface area contributed by atoms with Gasteiger partial charge in [-0.25, -0.2) is 0 Å². The average Bonchev–Trinajstić information content (AvgIpc) is 2.80. The summed E-state index contributed by atoms with van der Waals surface area (Å²) >= 11 is 5.34. The van der Waals surface area contributed by atoms with Crippen LogP contribution in [0.3, 0.4) is 0 Å². The van der Waals surface area contributed by atoms with Crippen molar-refractivity contribution < 1.29 is 35.7 Å². The Balaban J connectivity index is 2.47. The molecule has 2 aromatic rings. The minimum atomic E-state index is -5.02. The molecule has 0 aliphatic heterocycles. The van der Waals surface area contributed by atoms with Crippen molar-refractivity contribution in [3.63, 3.8) is 0 Å². The van der Waals surface area contributed by atoms with Crippen molar-refractivity contribution in [2.75, 3.05) is 26.0 Å². The van der Waals surface area contributed by atoms with Crippen LogP contribution in [0.15, 0.2) is 42.5 Å². The summed E-state index contributed by atoms with van der Waals surface area (Å²) in [6.45, 7) is 10.3. The maximum absolute atomic E-state index is 13.3. The molecule has 0 unspecified atom stereocenters. The highest BCUT2D eigenvalue weighted by Crippen LogP contribution is 2.39. The summed E-state index contributed by atoms with van der Waals surface area (Å²) in [6.07, 6.45) is -10.0. The van der Waals surface area contributed by atoms with Gasteiger partial charge in [0, 0.05) is 17.8 Å². The van der Waals surface area contributed by atoms with E-state index in [0.29, 0.717) is 17.7 Å². The molecule has 7 nitrogen and oxygen atoms in total. The van der Waals surface area contributed by atoms with E-state index in [9.17, 15) is 36.5 Å². The molecule has 2 atom stereocenters. The predicted octanol–water partition coefficient (Wildman–Crippen LogP) is 7.61. The summed E-state index contributed by atoms with van der Waals surface area (Å²) < 4.78 is 86.5. The number of alkyl halides is 6. The summed E-state index contributed by atoms with van der Waals surface area (Å²) in [6, 6.07) is 5.79. The molecule has 0 radical (unpaired) electrons. The fourth-order valence-electron chi connectivity index (χ4n) is 3.77. The molecule has 41 heavy (non-hydrogen) atoms. The van der Waals surface area contributed by atoms with Gasteiger partial charge in [-0.3, -0.25) is 10.1 Å². The molecule has 228 valence electrons. The summed E-state index contributed by atoms with van der Waals surface area (Å²) in [5.74, 6) is 0. The molecule has 0 aliphatic carbocycles. The number of nitro groups is 1. The Morgan fingerprint density at radius 3 is 1.88 bits per heavy atom. The molecule has 2 N–H and O–H groups in total. The Morgan fingerprint density at radius 2 is 1.49 bits per heavy atom. The van der Waals surface area contributed by atoms with Gasteiger partial charge in [-0.2, -0.15) is 26.3 Å². The lowest BCUT2D eigenvalue weighted by atomic mass is 9.98. The number of hydrogen-bond donors (Lipinski definition) is 2. The molecule has 0 bridgehead atoms. The Kier molecular flexibility index (Phi) is 10.6. The van der Waals surface area contributed by atoms with E-state index in [1.165, 1.54) is 12.1 Å². The third-order valence-corrected chi connectivity index (χ3v) is 11.7. The van der Waals surface area contributed by atoms with Crippen LogP contribution >= 0.6 is 12.2 Å². The molecule has 0 saturated carbocycles. The van der Waals surface area contributed by atoms with Crippen LogP contribution in [0.1, 0.15) is 43.5 Å². The van der Waals surface area contributed by atoms with Crippen molar-refractivity contribution in [3.8, 4) is 0 Å². The lowest BCUT2D eigenvalue weighted by Gasteiger charge is -2.40. The number of nitrogens with one attached hydrogen (secondary N) is 2. The first kappa shape index (κ1) is 34.4. The zero-order valence-electron chi connectivity index (χ0n) is 23.7. The van der Waals surface area contributed by atoms with Crippen molar-refractivity contribution in [1.82, 2.24) is 10.2 Å². The van der Waals surface area contributed by atoms with Crippen molar-refractivity contribution >= 4 is 37.0 Å². The van der Waals surface area contributed by atoms with Crippen LogP contribution in [-0.4, -0.2) is 50.0 Å². The van der Waals surface area contributed by atoms with Crippen LogP contribution < -0.4 is 10.6 Å². The molecule has 0 aromatic heterocycles. The number of rotatable bonds is 9. The van der Waals surface area contributed by atoms with Gasteiger partial charge in [0.2, 0.25) is 0 Å². The number of non-ortho nitro benzene ring substituents is 1. The minimum Gasteiger partial charge on any atom is -0.415 e. The zero-order chi connectivity index (χ0) is 31.6. The summed E-state index contributed by atoms with van der Waals surface area (Å²) in [5, 5.41) is 16.2. The van der Waals surface area contributed by atoms with Crippen molar-refractivity contribution in [2.45, 2.75) is 63.3 Å². The number of hydrogen-bond acceptors (Lipinski definition) is 5. The molecule has 0 aliphatic rings. The second-order valence-corrected chi connectivity index (χ2v) is 16.5. The molecule has 0 heterocycles. The van der Waals surface area contributed by atoms with Gasteiger partial charge >= 0.3 is 12.4 Å². The lowest BCUT2D eigenvalue weighted by Crippen LogP contribution is -2.51. The SMILES string of the molecule is CN(C)[C@@H](c1ccc([N+](=O)[O-])cc1)[C@H](CO[Si](C)(C)C(C)(C)C)NC(=S)Nc1cc(C(F)(F)F)cc(C(F)(F)F)c1. The van der Waals surface area contributed by atoms with Crippen LogP contribution in [-0.2, 0) is 16.8 Å². The second kappa shape index (κ2) is 12.6. The van der Waals surface area contributed by atoms with E-state index in [2.05, 4.69) is 10.6 Å². The maximum Gasteiger partial charge on any atom is 0.416 e. The Labute approximate surface area is 241 Å². The highest BCUT2D eigenvalue weighted by molar-refractivity contribution is 7.80. The summed E-state index contributed by atoms with van der Waals surface area (Å²) in [7, 11) is 1.20. The molecule has 15 heteroatoms. The van der Waals surface area contributed by atoms with E-state index in [4.69, 9.17) is 16.6 Å². The van der Waals surface area contributed by atoms with Gasteiger partial charge in [0.05, 0.1) is 34.7 Å². The number of benzene rings is 2. The highest BCUT2D eigenvalue weighted by Gasteiger charge is 2.39. The van der Waals surface area contributed by atoms with Crippen LogP contribution in [0.25, 0.3) is 0 Å². The van der Waals surface area contributed by atoms with Gasteiger partial charge < -0.3 is 20.0 Å². The summed E-state index contributed by atoms with van der Waals surface area (Å²) in [5.41, 5.74) is -2.92. The minimum absolute atomic E-state index is 0.0359. The number of halogens is 6. The lowest BCUT2D eigenvalue weighted by molar-refractivity contribution is -0.384. The molecule has 0 spiro atoms. The first-order chi connectivity index (χ1) is 18.5. The predicted molar refractivity (Wildman–Crippen MR) is 152 cm³/mol. The van der Waals surface area contributed by atoms with Crippen molar-refractivity contribution in [3.05, 3.63) is 69.3 Å². The molecule has 2 aromatic carbocycles. The third-order valence-electron chi connectivity index (χ3n) is 6.97. The Bertz CT molecular complexity index is 1200. The largest absolute Gasteiger partial charge is 0.416 e. The number of nitrogens with zero attached hydrogens (tertiary/aromatic N) is 2. The van der Waals surface area contributed by atoms with Gasteiger partial charge in [0.25, 0.3) is 5.69 Å². The fraction of sp³-hybridized carbons (Fsp3) is 0.500. The first-order valence-corrected chi connectivity index (χ1v) is 15.8. The third kappa shape index (κ3) is 9.38. The Morgan fingerprint density at radius 1 is 1.00 bits per heavy atom. The Hall–Kier alpha value is -2.75. The van der Waals surface area contributed by atoms with Crippen molar-refractivity contribution in [2.24, 2.45) is 0 Å². The normalized spacial score (nSPS) is 14.5. The molecule has 2 rings (SSSR count). The average molecular weight is 625 g/mol. The van der Waals surface area contributed by atoms with E-state index in [1.807, 2.05) is 38.8 Å².